The van der Waals surface area contributed by atoms with Crippen molar-refractivity contribution < 1.29 is 4.79 Å². The van der Waals surface area contributed by atoms with Gasteiger partial charge in [-0.05, 0) is 36.2 Å². The molecule has 0 radical (unpaired) electrons. The first-order valence-electron chi connectivity index (χ1n) is 4.23. The van der Waals surface area contributed by atoms with E-state index >= 15 is 0 Å². The van der Waals surface area contributed by atoms with Gasteiger partial charge < -0.3 is 0 Å². The van der Waals surface area contributed by atoms with Crippen molar-refractivity contribution in [3.05, 3.63) is 41.6 Å². The molecule has 2 aromatic rings. The van der Waals surface area contributed by atoms with Crippen molar-refractivity contribution >= 4 is 27.7 Å². The minimum atomic E-state index is -0.472. The summed E-state index contributed by atoms with van der Waals surface area (Å²) in [6, 6.07) is 7.63. The number of benzene rings is 1. The number of hydrogen-bond donors (Lipinski definition) is 0. The SMILES string of the molecule is Cc1ccc2cc(C(=O)Cl)cnc2c1. The number of hydrogen-bond acceptors (Lipinski definition) is 2. The smallest absolute Gasteiger partial charge is 0.253 e. The minimum absolute atomic E-state index is 0.433. The molecule has 0 saturated carbocycles. The number of halogens is 1. The lowest BCUT2D eigenvalue weighted by molar-refractivity contribution is 0.108. The lowest BCUT2D eigenvalue weighted by Crippen LogP contribution is -1.90. The zero-order valence-electron chi connectivity index (χ0n) is 7.62. The number of carbonyl (C=O) groups excluding carboxylic acids is 1. The fraction of sp³-hybridized carbons (Fsp3) is 0.0909. The van der Waals surface area contributed by atoms with Crippen LogP contribution in [0.2, 0.25) is 0 Å². The van der Waals surface area contributed by atoms with E-state index in [1.807, 2.05) is 25.1 Å². The molecule has 1 aromatic heterocycles. The van der Waals surface area contributed by atoms with Crippen LogP contribution in [0.25, 0.3) is 10.9 Å². The number of fused-ring (bicyclic) bond motifs is 1. The van der Waals surface area contributed by atoms with Crippen molar-refractivity contribution in [3.8, 4) is 0 Å². The Morgan fingerprint density at radius 3 is 2.86 bits per heavy atom. The summed E-state index contributed by atoms with van der Waals surface area (Å²) in [4.78, 5) is 15.0. The lowest BCUT2D eigenvalue weighted by atomic mass is 10.1. The molecule has 2 rings (SSSR count). The van der Waals surface area contributed by atoms with Crippen LogP contribution < -0.4 is 0 Å². The molecule has 1 aromatic carbocycles. The maximum Gasteiger partial charge on any atom is 0.253 e. The molecule has 0 aliphatic carbocycles. The Morgan fingerprint density at radius 1 is 1.36 bits per heavy atom. The highest BCUT2D eigenvalue weighted by Crippen LogP contribution is 2.15. The summed E-state index contributed by atoms with van der Waals surface area (Å²) in [7, 11) is 0. The predicted octanol–water partition coefficient (Wildman–Crippen LogP) is 2.92. The van der Waals surface area contributed by atoms with E-state index in [-0.39, 0.29) is 0 Å². The fourth-order valence-corrected chi connectivity index (χ4v) is 1.44. The first-order valence-corrected chi connectivity index (χ1v) is 4.61. The summed E-state index contributed by atoms with van der Waals surface area (Å²) in [6.45, 7) is 2.00. The number of nitrogens with zero attached hydrogens (tertiary/aromatic N) is 1. The third-order valence-corrected chi connectivity index (χ3v) is 2.28. The van der Waals surface area contributed by atoms with E-state index in [1.54, 1.807) is 6.07 Å². The molecule has 3 heteroatoms. The van der Waals surface area contributed by atoms with Gasteiger partial charge in [-0.3, -0.25) is 9.78 Å². The maximum absolute atomic E-state index is 10.9. The summed E-state index contributed by atoms with van der Waals surface area (Å²) in [6.07, 6.45) is 1.50. The molecule has 14 heavy (non-hydrogen) atoms. The van der Waals surface area contributed by atoms with Crippen molar-refractivity contribution in [3.63, 3.8) is 0 Å². The lowest BCUT2D eigenvalue weighted by Gasteiger charge is -1.99. The Kier molecular flexibility index (Phi) is 2.22. The Hall–Kier alpha value is -1.41. The van der Waals surface area contributed by atoms with E-state index in [1.165, 1.54) is 6.20 Å². The number of pyridine rings is 1. The molecular weight excluding hydrogens is 198 g/mol. The molecule has 0 aliphatic rings. The van der Waals surface area contributed by atoms with Crippen LogP contribution in [0.3, 0.4) is 0 Å². The Morgan fingerprint density at radius 2 is 2.14 bits per heavy atom. The van der Waals surface area contributed by atoms with Crippen LogP contribution >= 0.6 is 11.6 Å². The van der Waals surface area contributed by atoms with Gasteiger partial charge in [-0.1, -0.05) is 12.1 Å². The summed E-state index contributed by atoms with van der Waals surface area (Å²) >= 11 is 5.36. The summed E-state index contributed by atoms with van der Waals surface area (Å²) in [5.41, 5.74) is 2.46. The van der Waals surface area contributed by atoms with Gasteiger partial charge in [0.05, 0.1) is 11.1 Å². The number of aromatic nitrogens is 1. The van der Waals surface area contributed by atoms with Crippen LogP contribution in [-0.4, -0.2) is 10.2 Å². The maximum atomic E-state index is 10.9. The van der Waals surface area contributed by atoms with Gasteiger partial charge in [-0.2, -0.15) is 0 Å². The third kappa shape index (κ3) is 1.61. The van der Waals surface area contributed by atoms with Crippen LogP contribution in [0, 0.1) is 6.92 Å². The van der Waals surface area contributed by atoms with Gasteiger partial charge in [-0.25, -0.2) is 0 Å². The van der Waals surface area contributed by atoms with Crippen molar-refractivity contribution in [2.75, 3.05) is 0 Å². The van der Waals surface area contributed by atoms with Gasteiger partial charge in [0.1, 0.15) is 0 Å². The summed E-state index contributed by atoms with van der Waals surface area (Å²) < 4.78 is 0. The summed E-state index contributed by atoms with van der Waals surface area (Å²) in [5, 5.41) is 0.460. The van der Waals surface area contributed by atoms with Crippen LogP contribution in [0.4, 0.5) is 0 Å². The van der Waals surface area contributed by atoms with Crippen LogP contribution in [0.5, 0.6) is 0 Å². The summed E-state index contributed by atoms with van der Waals surface area (Å²) in [5.74, 6) is 0. The van der Waals surface area contributed by atoms with Gasteiger partial charge in [-0.15, -0.1) is 0 Å². The Labute approximate surface area is 86.5 Å². The second-order valence-electron chi connectivity index (χ2n) is 3.19. The van der Waals surface area contributed by atoms with Crippen molar-refractivity contribution in [2.45, 2.75) is 6.92 Å². The zero-order valence-corrected chi connectivity index (χ0v) is 8.38. The average Bonchev–Trinajstić information content (AvgIpc) is 2.16. The Bertz CT molecular complexity index is 508. The first kappa shape index (κ1) is 9.16. The fourth-order valence-electron chi connectivity index (χ4n) is 1.34. The molecule has 0 bridgehead atoms. The highest BCUT2D eigenvalue weighted by Gasteiger charge is 2.03. The number of rotatable bonds is 1. The molecule has 0 atom stereocenters. The van der Waals surface area contributed by atoms with Crippen molar-refractivity contribution in [1.82, 2.24) is 4.98 Å². The van der Waals surface area contributed by atoms with E-state index in [4.69, 9.17) is 11.6 Å². The second kappa shape index (κ2) is 3.39. The quantitative estimate of drug-likeness (QED) is 0.670. The zero-order chi connectivity index (χ0) is 10.1. The molecule has 70 valence electrons. The monoisotopic (exact) mass is 205 g/mol. The highest BCUT2D eigenvalue weighted by atomic mass is 35.5. The average molecular weight is 206 g/mol. The molecule has 0 fully saturated rings. The van der Waals surface area contributed by atoms with Gasteiger partial charge in [0.15, 0.2) is 0 Å². The second-order valence-corrected chi connectivity index (χ2v) is 3.54. The van der Waals surface area contributed by atoms with Gasteiger partial charge in [0.2, 0.25) is 0 Å². The van der Waals surface area contributed by atoms with Crippen molar-refractivity contribution in [2.24, 2.45) is 0 Å². The standard InChI is InChI=1S/C11H8ClNO/c1-7-2-3-8-5-9(11(12)14)6-13-10(8)4-7/h2-6H,1H3. The predicted molar refractivity (Wildman–Crippen MR) is 56.7 cm³/mol. The molecule has 0 unspecified atom stereocenters. The number of carbonyl (C=O) groups is 1. The molecule has 0 spiro atoms. The van der Waals surface area contributed by atoms with E-state index in [0.717, 1.165) is 16.5 Å². The van der Waals surface area contributed by atoms with E-state index < -0.39 is 5.24 Å². The van der Waals surface area contributed by atoms with Gasteiger partial charge in [0.25, 0.3) is 5.24 Å². The topological polar surface area (TPSA) is 30.0 Å². The molecule has 0 amide bonds. The molecular formula is C11H8ClNO. The molecule has 0 N–H and O–H groups in total. The molecule has 0 aliphatic heterocycles. The first-order chi connectivity index (χ1) is 6.66. The molecule has 2 nitrogen and oxygen atoms in total. The van der Waals surface area contributed by atoms with Gasteiger partial charge >= 0.3 is 0 Å². The van der Waals surface area contributed by atoms with Crippen LogP contribution in [0.15, 0.2) is 30.5 Å². The van der Waals surface area contributed by atoms with E-state index in [0.29, 0.717) is 5.56 Å². The van der Waals surface area contributed by atoms with Crippen LogP contribution in [-0.2, 0) is 0 Å². The molecule has 0 saturated heterocycles. The number of aryl methyl sites for hydroxylation is 1. The van der Waals surface area contributed by atoms with E-state index in [9.17, 15) is 4.79 Å². The van der Waals surface area contributed by atoms with E-state index in [2.05, 4.69) is 4.98 Å². The van der Waals surface area contributed by atoms with Crippen LogP contribution in [0.1, 0.15) is 15.9 Å². The van der Waals surface area contributed by atoms with Gasteiger partial charge in [0, 0.05) is 11.6 Å². The highest BCUT2D eigenvalue weighted by molar-refractivity contribution is 6.67. The normalized spacial score (nSPS) is 10.4. The minimum Gasteiger partial charge on any atom is -0.276 e. The third-order valence-electron chi connectivity index (χ3n) is 2.07. The largest absolute Gasteiger partial charge is 0.276 e. The Balaban J connectivity index is 2.67. The molecule has 1 heterocycles. The van der Waals surface area contributed by atoms with Crippen molar-refractivity contribution in [1.29, 1.82) is 0 Å².